The van der Waals surface area contributed by atoms with E-state index in [1.807, 2.05) is 23.1 Å². The zero-order valence-corrected chi connectivity index (χ0v) is 17.1. The molecule has 1 saturated heterocycles. The molecule has 0 radical (unpaired) electrons. The van der Waals surface area contributed by atoms with Crippen LogP contribution in [0.4, 0.5) is 10.8 Å². The Morgan fingerprint density at radius 1 is 1.25 bits per heavy atom. The highest BCUT2D eigenvalue weighted by Crippen LogP contribution is 2.26. The van der Waals surface area contributed by atoms with Gasteiger partial charge in [0.1, 0.15) is 0 Å². The lowest BCUT2D eigenvalue weighted by Crippen LogP contribution is -2.45. The van der Waals surface area contributed by atoms with E-state index in [4.69, 9.17) is 5.73 Å². The average Bonchev–Trinajstić information content (AvgIpc) is 3.07. The third kappa shape index (κ3) is 3.97. The number of hydrogen-bond donors (Lipinski definition) is 2. The fraction of sp³-hybridized carbons (Fsp3) is 0.364. The van der Waals surface area contributed by atoms with Gasteiger partial charge in [0.15, 0.2) is 5.13 Å². The second kappa shape index (κ2) is 7.80. The van der Waals surface area contributed by atoms with Crippen molar-refractivity contribution in [2.45, 2.75) is 38.6 Å². The minimum absolute atomic E-state index is 0.0649. The number of benzene rings is 2. The standard InChI is InChI=1S/C22H26N4OS/c1-14(2)15-5-8-17(9-6-15)24-18-4-3-11-26(13-18)21(27)16-7-10-20-19(12-16)25-22(23)28-20/h5-10,12,14,18,24H,3-4,11,13H2,1-2H3,(H2,23,25)/t18-/m0/s1. The molecule has 1 amide bonds. The van der Waals surface area contributed by atoms with Gasteiger partial charge in [0.25, 0.3) is 5.91 Å². The number of piperidine rings is 1. The average molecular weight is 395 g/mol. The molecule has 6 heteroatoms. The topological polar surface area (TPSA) is 71.2 Å². The van der Waals surface area contributed by atoms with Crippen molar-refractivity contribution in [3.8, 4) is 0 Å². The van der Waals surface area contributed by atoms with E-state index in [9.17, 15) is 4.79 Å². The smallest absolute Gasteiger partial charge is 0.254 e. The van der Waals surface area contributed by atoms with Crippen LogP contribution in [0.1, 0.15) is 48.5 Å². The Bertz CT molecular complexity index is 980. The molecule has 1 aliphatic rings. The van der Waals surface area contributed by atoms with Crippen molar-refractivity contribution in [3.05, 3.63) is 53.6 Å². The lowest BCUT2D eigenvalue weighted by atomic mass is 10.0. The van der Waals surface area contributed by atoms with Gasteiger partial charge in [-0.15, -0.1) is 0 Å². The van der Waals surface area contributed by atoms with E-state index in [1.54, 1.807) is 0 Å². The summed E-state index contributed by atoms with van der Waals surface area (Å²) in [5.74, 6) is 0.595. The zero-order chi connectivity index (χ0) is 19.7. The predicted molar refractivity (Wildman–Crippen MR) is 117 cm³/mol. The second-order valence-electron chi connectivity index (χ2n) is 7.75. The molecule has 3 N–H and O–H groups in total. The summed E-state index contributed by atoms with van der Waals surface area (Å²) in [5, 5.41) is 4.13. The summed E-state index contributed by atoms with van der Waals surface area (Å²) in [4.78, 5) is 19.3. The Labute approximate surface area is 169 Å². The zero-order valence-electron chi connectivity index (χ0n) is 16.3. The first kappa shape index (κ1) is 18.7. The van der Waals surface area contributed by atoms with Gasteiger partial charge in [0, 0.05) is 30.4 Å². The molecule has 146 valence electrons. The van der Waals surface area contributed by atoms with E-state index in [-0.39, 0.29) is 11.9 Å². The number of hydrogen-bond acceptors (Lipinski definition) is 5. The molecule has 1 aliphatic heterocycles. The van der Waals surface area contributed by atoms with Gasteiger partial charge in [0.05, 0.1) is 10.2 Å². The third-order valence-electron chi connectivity index (χ3n) is 5.31. The number of thiazole rings is 1. The van der Waals surface area contributed by atoms with Crippen LogP contribution in [0.2, 0.25) is 0 Å². The van der Waals surface area contributed by atoms with Gasteiger partial charge in [0.2, 0.25) is 0 Å². The molecule has 1 aromatic heterocycles. The monoisotopic (exact) mass is 394 g/mol. The summed E-state index contributed by atoms with van der Waals surface area (Å²) in [6, 6.07) is 14.6. The maximum atomic E-state index is 13.0. The summed E-state index contributed by atoms with van der Waals surface area (Å²) < 4.78 is 1.01. The molecular formula is C22H26N4OS. The number of nitrogens with two attached hydrogens (primary N) is 1. The summed E-state index contributed by atoms with van der Waals surface area (Å²) in [7, 11) is 0. The van der Waals surface area contributed by atoms with E-state index in [2.05, 4.69) is 48.4 Å². The first-order chi connectivity index (χ1) is 13.5. The van der Waals surface area contributed by atoms with Crippen molar-refractivity contribution in [2.75, 3.05) is 24.1 Å². The van der Waals surface area contributed by atoms with Gasteiger partial charge in [-0.1, -0.05) is 37.3 Å². The highest BCUT2D eigenvalue weighted by molar-refractivity contribution is 7.22. The lowest BCUT2D eigenvalue weighted by molar-refractivity contribution is 0.0715. The van der Waals surface area contributed by atoms with Crippen LogP contribution in [0.25, 0.3) is 10.2 Å². The molecular weight excluding hydrogens is 368 g/mol. The molecule has 0 spiro atoms. The van der Waals surface area contributed by atoms with Gasteiger partial charge in [-0.3, -0.25) is 4.79 Å². The van der Waals surface area contributed by atoms with Crippen LogP contribution in [0.15, 0.2) is 42.5 Å². The number of aromatic nitrogens is 1. The Hall–Kier alpha value is -2.60. The lowest BCUT2D eigenvalue weighted by Gasteiger charge is -2.34. The van der Waals surface area contributed by atoms with Gasteiger partial charge < -0.3 is 16.0 Å². The number of rotatable bonds is 4. The Morgan fingerprint density at radius 2 is 2.04 bits per heavy atom. The van der Waals surface area contributed by atoms with Crippen LogP contribution in [0.5, 0.6) is 0 Å². The van der Waals surface area contributed by atoms with Crippen LogP contribution in [-0.2, 0) is 0 Å². The molecule has 2 heterocycles. The van der Waals surface area contributed by atoms with E-state index < -0.39 is 0 Å². The van der Waals surface area contributed by atoms with Crippen molar-refractivity contribution < 1.29 is 4.79 Å². The quantitative estimate of drug-likeness (QED) is 0.672. The molecule has 0 aliphatic carbocycles. The highest BCUT2D eigenvalue weighted by Gasteiger charge is 2.25. The number of carbonyl (C=O) groups excluding carboxylic acids is 1. The molecule has 2 aromatic carbocycles. The molecule has 0 saturated carbocycles. The van der Waals surface area contributed by atoms with E-state index >= 15 is 0 Å². The van der Waals surface area contributed by atoms with Gasteiger partial charge in [-0.25, -0.2) is 4.98 Å². The number of nitrogens with one attached hydrogen (secondary N) is 1. The molecule has 3 aromatic rings. The Balaban J connectivity index is 1.44. The Morgan fingerprint density at radius 3 is 2.79 bits per heavy atom. The van der Waals surface area contributed by atoms with E-state index in [0.29, 0.717) is 23.2 Å². The normalized spacial score (nSPS) is 17.2. The predicted octanol–water partition coefficient (Wildman–Crippen LogP) is 4.72. The first-order valence-corrected chi connectivity index (χ1v) is 10.6. The molecule has 4 rings (SSSR count). The van der Waals surface area contributed by atoms with Gasteiger partial charge in [-0.2, -0.15) is 0 Å². The number of carbonyl (C=O) groups is 1. The van der Waals surface area contributed by atoms with Crippen LogP contribution >= 0.6 is 11.3 Å². The minimum Gasteiger partial charge on any atom is -0.381 e. The second-order valence-corrected chi connectivity index (χ2v) is 8.81. The number of fused-ring (bicyclic) bond motifs is 1. The fourth-order valence-corrected chi connectivity index (χ4v) is 4.45. The minimum atomic E-state index is 0.0649. The highest BCUT2D eigenvalue weighted by atomic mass is 32.1. The van der Waals surface area contributed by atoms with Crippen molar-refractivity contribution in [1.82, 2.24) is 9.88 Å². The molecule has 5 nitrogen and oxygen atoms in total. The van der Waals surface area contributed by atoms with Gasteiger partial charge >= 0.3 is 0 Å². The van der Waals surface area contributed by atoms with Crippen molar-refractivity contribution in [3.63, 3.8) is 0 Å². The van der Waals surface area contributed by atoms with Crippen molar-refractivity contribution in [2.24, 2.45) is 0 Å². The van der Waals surface area contributed by atoms with Crippen molar-refractivity contribution in [1.29, 1.82) is 0 Å². The van der Waals surface area contributed by atoms with Crippen LogP contribution < -0.4 is 11.1 Å². The number of nitrogen functional groups attached to an aromatic ring is 1. The van der Waals surface area contributed by atoms with Crippen LogP contribution in [0, 0.1) is 0 Å². The number of likely N-dealkylation sites (tertiary alicyclic amines) is 1. The number of anilines is 2. The number of amides is 1. The summed E-state index contributed by atoms with van der Waals surface area (Å²) >= 11 is 1.44. The van der Waals surface area contributed by atoms with Gasteiger partial charge in [-0.05, 0) is 54.7 Å². The van der Waals surface area contributed by atoms with Crippen LogP contribution in [-0.4, -0.2) is 34.9 Å². The summed E-state index contributed by atoms with van der Waals surface area (Å²) in [6.45, 7) is 5.90. The Kier molecular flexibility index (Phi) is 5.22. The SMILES string of the molecule is CC(C)c1ccc(N[C@H]2CCCN(C(=O)c3ccc4sc(N)nc4c3)C2)cc1. The first-order valence-electron chi connectivity index (χ1n) is 9.81. The third-order valence-corrected chi connectivity index (χ3v) is 6.17. The molecule has 0 unspecified atom stereocenters. The van der Waals surface area contributed by atoms with E-state index in [0.717, 1.165) is 35.3 Å². The summed E-state index contributed by atoms with van der Waals surface area (Å²) in [5.41, 5.74) is 9.71. The van der Waals surface area contributed by atoms with E-state index in [1.165, 1.54) is 16.9 Å². The maximum Gasteiger partial charge on any atom is 0.254 e. The molecule has 1 fully saturated rings. The molecule has 28 heavy (non-hydrogen) atoms. The number of nitrogens with zero attached hydrogens (tertiary/aromatic N) is 2. The fourth-order valence-electron chi connectivity index (χ4n) is 3.74. The maximum absolute atomic E-state index is 13.0. The molecule has 1 atom stereocenters. The summed E-state index contributed by atoms with van der Waals surface area (Å²) in [6.07, 6.45) is 2.07. The van der Waals surface area contributed by atoms with Crippen molar-refractivity contribution >= 4 is 38.3 Å². The largest absolute Gasteiger partial charge is 0.381 e. The van der Waals surface area contributed by atoms with Crippen LogP contribution in [0.3, 0.4) is 0 Å². The molecule has 0 bridgehead atoms.